The van der Waals surface area contributed by atoms with Crippen LogP contribution in [0.15, 0.2) is 6.20 Å². The van der Waals surface area contributed by atoms with E-state index in [4.69, 9.17) is 5.11 Å². The number of imidazole rings is 1. The van der Waals surface area contributed by atoms with Crippen LogP contribution in [0.25, 0.3) is 0 Å². The van der Waals surface area contributed by atoms with Crippen LogP contribution in [-0.4, -0.2) is 34.1 Å². The van der Waals surface area contributed by atoms with Gasteiger partial charge in [-0.25, -0.2) is 4.98 Å². The molecule has 0 bridgehead atoms. The summed E-state index contributed by atoms with van der Waals surface area (Å²) in [6.45, 7) is 7.04. The molecule has 1 rings (SSSR count). The number of aromatic nitrogens is 2. The summed E-state index contributed by atoms with van der Waals surface area (Å²) in [5, 5.41) is 11.9. The molecule has 0 aliphatic heterocycles. The van der Waals surface area contributed by atoms with Crippen molar-refractivity contribution in [2.75, 3.05) is 13.2 Å². The molecule has 1 unspecified atom stereocenters. The minimum absolute atomic E-state index is 0.126. The molecule has 19 heavy (non-hydrogen) atoms. The van der Waals surface area contributed by atoms with Gasteiger partial charge in [0, 0.05) is 19.6 Å². The minimum atomic E-state index is -0.126. The van der Waals surface area contributed by atoms with Gasteiger partial charge in [-0.3, -0.25) is 4.79 Å². The molecule has 0 spiro atoms. The van der Waals surface area contributed by atoms with Crippen molar-refractivity contribution in [3.05, 3.63) is 17.7 Å². The van der Waals surface area contributed by atoms with E-state index in [-0.39, 0.29) is 12.5 Å². The Hall–Kier alpha value is -1.36. The zero-order valence-electron chi connectivity index (χ0n) is 12.1. The third-order valence-electron chi connectivity index (χ3n) is 3.10. The number of aliphatic hydroxyl groups excluding tert-OH is 1. The average molecular weight is 267 g/mol. The number of aromatic amines is 1. The zero-order valence-corrected chi connectivity index (χ0v) is 12.1. The summed E-state index contributed by atoms with van der Waals surface area (Å²) in [4.78, 5) is 19.0. The maximum Gasteiger partial charge on any atom is 0.269 e. The lowest BCUT2D eigenvalue weighted by Crippen LogP contribution is -2.30. The third-order valence-corrected chi connectivity index (χ3v) is 3.10. The van der Waals surface area contributed by atoms with Gasteiger partial charge in [0.05, 0.1) is 6.20 Å². The third kappa shape index (κ3) is 5.42. The van der Waals surface area contributed by atoms with Crippen LogP contribution in [0.1, 0.15) is 49.9 Å². The van der Waals surface area contributed by atoms with E-state index >= 15 is 0 Å². The Morgan fingerprint density at radius 3 is 2.79 bits per heavy atom. The number of nitrogens with zero attached hydrogens (tertiary/aromatic N) is 1. The van der Waals surface area contributed by atoms with Crippen molar-refractivity contribution in [1.29, 1.82) is 0 Å². The van der Waals surface area contributed by atoms with Gasteiger partial charge in [0.2, 0.25) is 0 Å². The predicted octanol–water partition coefficient (Wildman–Crippen LogP) is 1.75. The Kier molecular flexibility index (Phi) is 6.56. The van der Waals surface area contributed by atoms with Gasteiger partial charge in [0.15, 0.2) is 0 Å². The van der Waals surface area contributed by atoms with Crippen molar-refractivity contribution in [2.45, 2.75) is 40.0 Å². The monoisotopic (exact) mass is 267 g/mol. The Morgan fingerprint density at radius 2 is 2.26 bits per heavy atom. The normalized spacial score (nSPS) is 12.7. The second-order valence-corrected chi connectivity index (χ2v) is 5.32. The maximum atomic E-state index is 11.9. The van der Waals surface area contributed by atoms with Gasteiger partial charge < -0.3 is 15.4 Å². The number of carbonyl (C=O) groups excluding carboxylic acids is 1. The van der Waals surface area contributed by atoms with Crippen molar-refractivity contribution >= 4 is 5.91 Å². The fourth-order valence-electron chi connectivity index (χ4n) is 2.14. The summed E-state index contributed by atoms with van der Waals surface area (Å²) in [6.07, 6.45) is 4.08. The highest BCUT2D eigenvalue weighted by Crippen LogP contribution is 2.14. The predicted molar refractivity (Wildman–Crippen MR) is 74.9 cm³/mol. The van der Waals surface area contributed by atoms with Crippen LogP contribution in [0.5, 0.6) is 0 Å². The van der Waals surface area contributed by atoms with Gasteiger partial charge >= 0.3 is 0 Å². The van der Waals surface area contributed by atoms with E-state index in [1.807, 2.05) is 6.92 Å². The molecule has 1 aromatic rings. The molecule has 0 aromatic carbocycles. The number of aryl methyl sites for hydroxylation is 1. The summed E-state index contributed by atoms with van der Waals surface area (Å²) in [5.41, 5.74) is 0.504. The van der Waals surface area contributed by atoms with Crippen molar-refractivity contribution in [3.8, 4) is 0 Å². The smallest absolute Gasteiger partial charge is 0.269 e. The molecule has 1 atom stereocenters. The van der Waals surface area contributed by atoms with Crippen molar-refractivity contribution in [1.82, 2.24) is 15.3 Å². The molecule has 3 N–H and O–H groups in total. The molecule has 0 aliphatic rings. The van der Waals surface area contributed by atoms with E-state index in [9.17, 15) is 4.79 Å². The molecule has 0 aliphatic carbocycles. The lowest BCUT2D eigenvalue weighted by molar-refractivity contribution is 0.0936. The molecule has 0 saturated heterocycles. The first-order chi connectivity index (χ1) is 9.06. The second kappa shape index (κ2) is 7.94. The van der Waals surface area contributed by atoms with E-state index in [1.54, 1.807) is 6.20 Å². The van der Waals surface area contributed by atoms with Crippen LogP contribution in [0.4, 0.5) is 0 Å². The molecule has 1 amide bonds. The van der Waals surface area contributed by atoms with Crippen molar-refractivity contribution in [2.24, 2.45) is 11.8 Å². The molecule has 0 saturated carbocycles. The van der Waals surface area contributed by atoms with Crippen molar-refractivity contribution in [3.63, 3.8) is 0 Å². The first kappa shape index (κ1) is 15.7. The highest BCUT2D eigenvalue weighted by atomic mass is 16.3. The highest BCUT2D eigenvalue weighted by molar-refractivity contribution is 5.92. The molecule has 1 heterocycles. The van der Waals surface area contributed by atoms with Crippen LogP contribution in [0, 0.1) is 11.8 Å². The Morgan fingerprint density at radius 1 is 1.53 bits per heavy atom. The number of H-pyrrole nitrogens is 1. The number of nitrogens with one attached hydrogen (secondary N) is 2. The summed E-state index contributed by atoms with van der Waals surface area (Å²) < 4.78 is 0. The molecule has 108 valence electrons. The lowest BCUT2D eigenvalue weighted by Gasteiger charge is -2.18. The van der Waals surface area contributed by atoms with Gasteiger partial charge in [-0.05, 0) is 24.7 Å². The number of hydrogen-bond donors (Lipinski definition) is 3. The quantitative estimate of drug-likeness (QED) is 0.671. The van der Waals surface area contributed by atoms with Gasteiger partial charge in [-0.15, -0.1) is 0 Å². The van der Waals surface area contributed by atoms with Crippen LogP contribution in [-0.2, 0) is 6.42 Å². The lowest BCUT2D eigenvalue weighted by atomic mass is 9.94. The first-order valence-electron chi connectivity index (χ1n) is 6.99. The molecular formula is C14H25N3O2. The van der Waals surface area contributed by atoms with Gasteiger partial charge in [-0.1, -0.05) is 20.8 Å². The maximum absolute atomic E-state index is 11.9. The SMILES string of the molecule is CCc1ncc(C(=O)NCC(CCO)CC(C)C)[nH]1. The number of amides is 1. The van der Waals surface area contributed by atoms with E-state index < -0.39 is 0 Å². The minimum Gasteiger partial charge on any atom is -0.396 e. The van der Waals surface area contributed by atoms with Crippen LogP contribution < -0.4 is 5.32 Å². The topological polar surface area (TPSA) is 78.0 Å². The van der Waals surface area contributed by atoms with E-state index in [2.05, 4.69) is 29.1 Å². The van der Waals surface area contributed by atoms with Crippen LogP contribution >= 0.6 is 0 Å². The summed E-state index contributed by atoms with van der Waals surface area (Å²) >= 11 is 0. The summed E-state index contributed by atoms with van der Waals surface area (Å²) in [6, 6.07) is 0. The number of carbonyl (C=O) groups is 1. The molecule has 1 aromatic heterocycles. The van der Waals surface area contributed by atoms with Crippen molar-refractivity contribution < 1.29 is 9.90 Å². The largest absolute Gasteiger partial charge is 0.396 e. The van der Waals surface area contributed by atoms with Crippen LogP contribution in [0.2, 0.25) is 0 Å². The zero-order chi connectivity index (χ0) is 14.3. The fraction of sp³-hybridized carbons (Fsp3) is 0.714. The molecular weight excluding hydrogens is 242 g/mol. The first-order valence-corrected chi connectivity index (χ1v) is 6.99. The van der Waals surface area contributed by atoms with E-state index in [0.717, 1.165) is 25.1 Å². The summed E-state index contributed by atoms with van der Waals surface area (Å²) in [5.74, 6) is 1.58. The molecule has 5 heteroatoms. The standard InChI is InChI=1S/C14H25N3O2/c1-4-13-15-9-12(17-13)14(19)16-8-11(5-6-18)7-10(2)3/h9-11,18H,4-8H2,1-3H3,(H,15,17)(H,16,19). The van der Waals surface area contributed by atoms with Gasteiger partial charge in [-0.2, -0.15) is 0 Å². The Balaban J connectivity index is 2.46. The average Bonchev–Trinajstić information content (AvgIpc) is 2.84. The summed E-state index contributed by atoms with van der Waals surface area (Å²) in [7, 11) is 0. The Bertz CT molecular complexity index is 388. The second-order valence-electron chi connectivity index (χ2n) is 5.32. The molecule has 0 fully saturated rings. The number of hydrogen-bond acceptors (Lipinski definition) is 3. The fourth-order valence-corrected chi connectivity index (χ4v) is 2.14. The number of aliphatic hydroxyl groups is 1. The van der Waals surface area contributed by atoms with Crippen LogP contribution in [0.3, 0.4) is 0 Å². The van der Waals surface area contributed by atoms with Gasteiger partial charge in [0.25, 0.3) is 5.91 Å². The van der Waals surface area contributed by atoms with Gasteiger partial charge in [0.1, 0.15) is 11.5 Å². The number of rotatable bonds is 8. The van der Waals surface area contributed by atoms with E-state index in [1.165, 1.54) is 0 Å². The molecule has 0 radical (unpaired) electrons. The Labute approximate surface area is 114 Å². The van der Waals surface area contributed by atoms with E-state index in [0.29, 0.717) is 24.1 Å². The molecule has 5 nitrogen and oxygen atoms in total. The highest BCUT2D eigenvalue weighted by Gasteiger charge is 2.14.